The number of rotatable bonds is 5. The number of fused-ring (bicyclic) bond motifs is 2. The molecule has 1 fully saturated rings. The number of carbonyl (C=O) groups is 3. The summed E-state index contributed by atoms with van der Waals surface area (Å²) < 4.78 is 40.4. The summed E-state index contributed by atoms with van der Waals surface area (Å²) >= 11 is 6.25. The molecule has 0 aliphatic carbocycles. The molecular formula is C29H32ClF3N6O3. The molecule has 0 radical (unpaired) electrons. The van der Waals surface area contributed by atoms with Crippen molar-refractivity contribution in [3.8, 4) is 0 Å². The summed E-state index contributed by atoms with van der Waals surface area (Å²) in [7, 11) is 0. The standard InChI is InChI=1S/C29H32ClF3N6O3/c30-23-12-18-11-19(27(41)38(16-29(31,32)33)15-22(18)21(14-34)26(23)35)13-25(40)37-8-6-20(7-9-37)39-10-5-17-3-1-2-4-24(17)36-28(39)42/h1-4,12,14,19-20,34H,5-11,13,15-16,35H2,(H,36,42)/t19-/m0/s1. The van der Waals surface area contributed by atoms with Crippen LogP contribution in [0.2, 0.25) is 5.02 Å². The number of anilines is 2. The van der Waals surface area contributed by atoms with E-state index in [1.54, 1.807) is 9.80 Å². The monoisotopic (exact) mass is 604 g/mol. The number of nitrogens with one attached hydrogen (secondary N) is 2. The molecule has 9 nitrogen and oxygen atoms in total. The van der Waals surface area contributed by atoms with Crippen molar-refractivity contribution in [1.29, 1.82) is 5.41 Å². The first-order valence-corrected chi connectivity index (χ1v) is 14.2. The molecule has 0 unspecified atom stereocenters. The van der Waals surface area contributed by atoms with E-state index >= 15 is 0 Å². The average Bonchev–Trinajstić information content (AvgIpc) is 3.18. The first kappa shape index (κ1) is 29.7. The molecular weight excluding hydrogens is 573 g/mol. The molecule has 0 spiro atoms. The van der Waals surface area contributed by atoms with Gasteiger partial charge in [-0.3, -0.25) is 9.59 Å². The highest BCUT2D eigenvalue weighted by Crippen LogP contribution is 2.35. The van der Waals surface area contributed by atoms with Crippen molar-refractivity contribution >= 4 is 47.0 Å². The van der Waals surface area contributed by atoms with Crippen molar-refractivity contribution in [1.82, 2.24) is 14.7 Å². The number of hydrogen-bond donors (Lipinski definition) is 3. The van der Waals surface area contributed by atoms with Crippen LogP contribution in [0.1, 0.15) is 41.5 Å². The molecule has 3 aliphatic heterocycles. The van der Waals surface area contributed by atoms with Gasteiger partial charge in [-0.2, -0.15) is 13.2 Å². The summed E-state index contributed by atoms with van der Waals surface area (Å²) in [6.45, 7) is -0.591. The summed E-state index contributed by atoms with van der Waals surface area (Å²) in [4.78, 5) is 43.8. The van der Waals surface area contributed by atoms with Crippen LogP contribution in [0.25, 0.3) is 0 Å². The van der Waals surface area contributed by atoms with Gasteiger partial charge in [-0.05, 0) is 54.5 Å². The smallest absolute Gasteiger partial charge is 0.397 e. The van der Waals surface area contributed by atoms with Gasteiger partial charge in [0.25, 0.3) is 0 Å². The van der Waals surface area contributed by atoms with E-state index in [0.29, 0.717) is 54.9 Å². The number of nitrogens with zero attached hydrogens (tertiary/aromatic N) is 3. The lowest BCUT2D eigenvalue weighted by Gasteiger charge is -2.38. The quantitative estimate of drug-likeness (QED) is 0.345. The van der Waals surface area contributed by atoms with Gasteiger partial charge in [0.05, 0.1) is 16.6 Å². The van der Waals surface area contributed by atoms with E-state index in [0.717, 1.165) is 17.5 Å². The minimum absolute atomic E-state index is 0.0000765. The Bertz CT molecular complexity index is 1410. The van der Waals surface area contributed by atoms with E-state index in [-0.39, 0.29) is 47.1 Å². The molecule has 0 saturated carbocycles. The van der Waals surface area contributed by atoms with E-state index in [2.05, 4.69) is 5.32 Å². The number of nitrogens with two attached hydrogens (primary N) is 1. The fraction of sp³-hybridized carbons (Fsp3) is 0.448. The number of hydrogen-bond acceptors (Lipinski definition) is 5. The number of halogens is 4. The lowest BCUT2D eigenvalue weighted by atomic mass is 9.91. The maximum atomic E-state index is 13.5. The third kappa shape index (κ3) is 6.18. The number of urea groups is 1. The Hall–Kier alpha value is -3.80. The van der Waals surface area contributed by atoms with Crippen LogP contribution < -0.4 is 11.1 Å². The largest absolute Gasteiger partial charge is 0.406 e. The molecule has 4 N–H and O–H groups in total. The Kier molecular flexibility index (Phi) is 8.36. The fourth-order valence-corrected chi connectivity index (χ4v) is 6.44. The second kappa shape index (κ2) is 11.8. The van der Waals surface area contributed by atoms with E-state index < -0.39 is 31.1 Å². The van der Waals surface area contributed by atoms with Crippen LogP contribution >= 0.6 is 11.6 Å². The first-order valence-electron chi connectivity index (χ1n) is 13.8. The number of amides is 4. The van der Waals surface area contributed by atoms with E-state index in [9.17, 15) is 27.6 Å². The summed E-state index contributed by atoms with van der Waals surface area (Å²) in [5, 5.41) is 10.9. The van der Waals surface area contributed by atoms with Gasteiger partial charge in [-0.15, -0.1) is 0 Å². The third-order valence-electron chi connectivity index (χ3n) is 8.37. The predicted octanol–water partition coefficient (Wildman–Crippen LogP) is 4.45. The van der Waals surface area contributed by atoms with Crippen LogP contribution in [0, 0.1) is 11.3 Å². The van der Waals surface area contributed by atoms with Gasteiger partial charge in [0.15, 0.2) is 0 Å². The van der Waals surface area contributed by atoms with E-state index in [1.807, 2.05) is 24.3 Å². The van der Waals surface area contributed by atoms with Crippen LogP contribution in [0.4, 0.5) is 29.3 Å². The Balaban J connectivity index is 1.28. The molecule has 13 heteroatoms. The highest BCUT2D eigenvalue weighted by molar-refractivity contribution is 6.33. The maximum Gasteiger partial charge on any atom is 0.406 e. The third-order valence-corrected chi connectivity index (χ3v) is 8.69. The topological polar surface area (TPSA) is 123 Å². The lowest BCUT2D eigenvalue weighted by molar-refractivity contribution is -0.165. The second-order valence-electron chi connectivity index (χ2n) is 11.0. The fourth-order valence-electron chi connectivity index (χ4n) is 6.21. The summed E-state index contributed by atoms with van der Waals surface area (Å²) in [5.41, 5.74) is 8.91. The molecule has 0 aromatic heterocycles. The highest BCUT2D eigenvalue weighted by Gasteiger charge is 2.40. The Labute approximate surface area is 246 Å². The van der Waals surface area contributed by atoms with Crippen LogP contribution in [-0.2, 0) is 29.0 Å². The van der Waals surface area contributed by atoms with E-state index in [4.69, 9.17) is 22.7 Å². The Morgan fingerprint density at radius 2 is 1.86 bits per heavy atom. The van der Waals surface area contributed by atoms with Gasteiger partial charge in [0.2, 0.25) is 11.8 Å². The van der Waals surface area contributed by atoms with Crippen molar-refractivity contribution in [2.45, 2.75) is 50.9 Å². The zero-order valence-electron chi connectivity index (χ0n) is 22.8. The van der Waals surface area contributed by atoms with Gasteiger partial charge in [0, 0.05) is 56.1 Å². The Morgan fingerprint density at radius 3 is 2.55 bits per heavy atom. The van der Waals surface area contributed by atoms with Crippen molar-refractivity contribution in [2.75, 3.05) is 37.2 Å². The SMILES string of the molecule is N=Cc1c(N)c(Cl)cc2c1CN(CC(F)(F)F)C(=O)[C@H](CC(=O)N1CCC(N3CCc4ccccc4NC3=O)CC1)C2. The number of alkyl halides is 3. The Morgan fingerprint density at radius 1 is 1.14 bits per heavy atom. The van der Waals surface area contributed by atoms with Crippen LogP contribution in [-0.4, -0.2) is 77.2 Å². The van der Waals surface area contributed by atoms with Crippen molar-refractivity contribution in [3.05, 3.63) is 57.6 Å². The zero-order valence-corrected chi connectivity index (χ0v) is 23.6. The highest BCUT2D eigenvalue weighted by atomic mass is 35.5. The summed E-state index contributed by atoms with van der Waals surface area (Å²) in [5.74, 6) is -2.14. The first-order chi connectivity index (χ1) is 19.9. The van der Waals surface area contributed by atoms with Gasteiger partial charge >= 0.3 is 12.2 Å². The van der Waals surface area contributed by atoms with Gasteiger partial charge in [-0.25, -0.2) is 4.79 Å². The maximum absolute atomic E-state index is 13.5. The summed E-state index contributed by atoms with van der Waals surface area (Å²) in [6.07, 6.45) is -2.18. The zero-order chi connectivity index (χ0) is 30.2. The molecule has 42 heavy (non-hydrogen) atoms. The molecule has 224 valence electrons. The van der Waals surface area contributed by atoms with Crippen LogP contribution in [0.15, 0.2) is 30.3 Å². The number of likely N-dealkylation sites (tertiary alicyclic amines) is 1. The minimum atomic E-state index is -4.65. The molecule has 0 bridgehead atoms. The normalized spacial score (nSPS) is 19.9. The minimum Gasteiger partial charge on any atom is -0.397 e. The number of piperidine rings is 1. The number of carbonyl (C=O) groups excluding carboxylic acids is 3. The molecule has 2 aromatic carbocycles. The molecule has 4 amide bonds. The van der Waals surface area contributed by atoms with Crippen molar-refractivity contribution in [3.63, 3.8) is 0 Å². The van der Waals surface area contributed by atoms with E-state index in [1.165, 1.54) is 6.07 Å². The van der Waals surface area contributed by atoms with Crippen LogP contribution in [0.3, 0.4) is 0 Å². The van der Waals surface area contributed by atoms with Crippen LogP contribution in [0.5, 0.6) is 0 Å². The van der Waals surface area contributed by atoms with Crippen molar-refractivity contribution in [2.24, 2.45) is 5.92 Å². The average molecular weight is 605 g/mol. The molecule has 3 heterocycles. The molecule has 1 saturated heterocycles. The number of para-hydroxylation sites is 1. The summed E-state index contributed by atoms with van der Waals surface area (Å²) in [6, 6.07) is 8.92. The van der Waals surface area contributed by atoms with Gasteiger partial charge in [0.1, 0.15) is 6.54 Å². The molecule has 2 aromatic rings. The second-order valence-corrected chi connectivity index (χ2v) is 11.4. The van der Waals surface area contributed by atoms with Gasteiger partial charge < -0.3 is 31.2 Å². The molecule has 5 rings (SSSR count). The molecule has 3 aliphatic rings. The lowest BCUT2D eigenvalue weighted by Crippen LogP contribution is -2.50. The number of benzene rings is 2. The van der Waals surface area contributed by atoms with Crippen molar-refractivity contribution < 1.29 is 27.6 Å². The van der Waals surface area contributed by atoms with Gasteiger partial charge in [-0.1, -0.05) is 29.8 Å². The molecule has 1 atom stereocenters. The number of nitrogen functional groups attached to an aromatic ring is 1. The predicted molar refractivity (Wildman–Crippen MR) is 153 cm³/mol.